The van der Waals surface area contributed by atoms with Crippen molar-refractivity contribution in [3.05, 3.63) is 35.9 Å². The molecule has 5 nitrogen and oxygen atoms in total. The highest BCUT2D eigenvalue weighted by Gasteiger charge is 2.22. The lowest BCUT2D eigenvalue weighted by molar-refractivity contribution is -0.134. The highest BCUT2D eigenvalue weighted by atomic mass is 127. The SMILES string of the molecule is CN=C(NCCC(=O)N1CCCCC1C)N(C)Cc1ccccc1.I. The minimum Gasteiger partial charge on any atom is -0.356 e. The van der Waals surface area contributed by atoms with E-state index >= 15 is 0 Å². The number of carbonyl (C=O) groups excluding carboxylic acids is 1. The third kappa shape index (κ3) is 6.84. The first-order chi connectivity index (χ1) is 11.6. The quantitative estimate of drug-likeness (QED) is 0.419. The summed E-state index contributed by atoms with van der Waals surface area (Å²) in [5.41, 5.74) is 1.24. The van der Waals surface area contributed by atoms with Gasteiger partial charge in [0.2, 0.25) is 5.91 Å². The van der Waals surface area contributed by atoms with Crippen LogP contribution in [0.15, 0.2) is 35.3 Å². The number of hydrogen-bond acceptors (Lipinski definition) is 2. The summed E-state index contributed by atoms with van der Waals surface area (Å²) in [6, 6.07) is 10.7. The van der Waals surface area contributed by atoms with Crippen LogP contribution < -0.4 is 5.32 Å². The summed E-state index contributed by atoms with van der Waals surface area (Å²) in [5, 5.41) is 3.30. The lowest BCUT2D eigenvalue weighted by Gasteiger charge is -2.33. The summed E-state index contributed by atoms with van der Waals surface area (Å²) >= 11 is 0. The fourth-order valence-corrected chi connectivity index (χ4v) is 3.21. The lowest BCUT2D eigenvalue weighted by Crippen LogP contribution is -2.44. The largest absolute Gasteiger partial charge is 0.356 e. The molecule has 6 heteroatoms. The van der Waals surface area contributed by atoms with Crippen LogP contribution in [-0.2, 0) is 11.3 Å². The Morgan fingerprint density at radius 2 is 2.04 bits per heavy atom. The van der Waals surface area contributed by atoms with Crippen molar-refractivity contribution in [3.63, 3.8) is 0 Å². The lowest BCUT2D eigenvalue weighted by atomic mass is 10.0. The fourth-order valence-electron chi connectivity index (χ4n) is 3.21. The van der Waals surface area contributed by atoms with Crippen LogP contribution in [0.2, 0.25) is 0 Å². The number of hydrogen-bond donors (Lipinski definition) is 1. The number of amides is 1. The van der Waals surface area contributed by atoms with Gasteiger partial charge in [-0.1, -0.05) is 30.3 Å². The number of aliphatic imine (C=N–C) groups is 1. The van der Waals surface area contributed by atoms with E-state index in [1.165, 1.54) is 12.0 Å². The molecule has 0 aromatic heterocycles. The minimum absolute atomic E-state index is 0. The Morgan fingerprint density at radius 1 is 1.32 bits per heavy atom. The summed E-state index contributed by atoms with van der Waals surface area (Å²) in [7, 11) is 3.79. The van der Waals surface area contributed by atoms with Crippen molar-refractivity contribution in [2.45, 2.75) is 45.2 Å². The second-order valence-electron chi connectivity index (χ2n) is 6.50. The van der Waals surface area contributed by atoms with Gasteiger partial charge < -0.3 is 15.1 Å². The molecule has 1 fully saturated rings. The van der Waals surface area contributed by atoms with Crippen molar-refractivity contribution in [3.8, 4) is 0 Å². The van der Waals surface area contributed by atoms with Gasteiger partial charge in [0, 0.05) is 46.2 Å². The van der Waals surface area contributed by atoms with Crippen LogP contribution in [0.1, 0.15) is 38.2 Å². The number of rotatable bonds is 5. The monoisotopic (exact) mass is 458 g/mol. The van der Waals surface area contributed by atoms with Crippen molar-refractivity contribution in [1.29, 1.82) is 0 Å². The summed E-state index contributed by atoms with van der Waals surface area (Å²) < 4.78 is 0. The maximum atomic E-state index is 12.4. The van der Waals surface area contributed by atoms with E-state index in [0.29, 0.717) is 19.0 Å². The fraction of sp³-hybridized carbons (Fsp3) is 0.579. The Balaban J connectivity index is 0.00000312. The van der Waals surface area contributed by atoms with Gasteiger partial charge in [-0.3, -0.25) is 9.79 Å². The van der Waals surface area contributed by atoms with Gasteiger partial charge in [-0.2, -0.15) is 0 Å². The number of piperidine rings is 1. The first kappa shape index (κ1) is 21.7. The smallest absolute Gasteiger partial charge is 0.224 e. The van der Waals surface area contributed by atoms with Gasteiger partial charge in [0.05, 0.1) is 0 Å². The average molecular weight is 458 g/mol. The van der Waals surface area contributed by atoms with E-state index in [0.717, 1.165) is 31.9 Å². The molecule has 2 rings (SSSR count). The molecule has 1 aliphatic heterocycles. The first-order valence-corrected chi connectivity index (χ1v) is 8.87. The molecular weight excluding hydrogens is 427 g/mol. The van der Waals surface area contributed by atoms with Crippen molar-refractivity contribution >= 4 is 35.8 Å². The Bertz CT molecular complexity index is 550. The van der Waals surface area contributed by atoms with E-state index in [4.69, 9.17) is 0 Å². The molecule has 1 saturated heterocycles. The van der Waals surface area contributed by atoms with Crippen molar-refractivity contribution in [2.24, 2.45) is 4.99 Å². The number of nitrogens with one attached hydrogen (secondary N) is 1. The van der Waals surface area contributed by atoms with Gasteiger partial charge in [0.15, 0.2) is 5.96 Å². The number of carbonyl (C=O) groups is 1. The maximum absolute atomic E-state index is 12.4. The molecule has 1 aromatic carbocycles. The predicted molar refractivity (Wildman–Crippen MR) is 114 cm³/mol. The van der Waals surface area contributed by atoms with Gasteiger partial charge in [-0.15, -0.1) is 24.0 Å². The molecule has 1 aliphatic rings. The van der Waals surface area contributed by atoms with E-state index < -0.39 is 0 Å². The molecule has 0 spiro atoms. The molecule has 1 amide bonds. The highest BCUT2D eigenvalue weighted by Crippen LogP contribution is 2.17. The van der Waals surface area contributed by atoms with Crippen molar-refractivity contribution in [1.82, 2.24) is 15.1 Å². The molecule has 1 unspecified atom stereocenters. The Morgan fingerprint density at radius 3 is 2.68 bits per heavy atom. The van der Waals surface area contributed by atoms with E-state index in [2.05, 4.69) is 34.3 Å². The van der Waals surface area contributed by atoms with Crippen molar-refractivity contribution in [2.75, 3.05) is 27.2 Å². The Hall–Kier alpha value is -1.31. The van der Waals surface area contributed by atoms with Gasteiger partial charge in [-0.25, -0.2) is 0 Å². The highest BCUT2D eigenvalue weighted by molar-refractivity contribution is 14.0. The topological polar surface area (TPSA) is 47.9 Å². The number of halogens is 1. The van der Waals surface area contributed by atoms with Crippen LogP contribution >= 0.6 is 24.0 Å². The zero-order valence-corrected chi connectivity index (χ0v) is 17.9. The average Bonchev–Trinajstić information content (AvgIpc) is 2.59. The second-order valence-corrected chi connectivity index (χ2v) is 6.50. The summed E-state index contributed by atoms with van der Waals surface area (Å²) in [6.45, 7) is 4.46. The molecule has 1 heterocycles. The number of benzene rings is 1. The molecular formula is C19H31IN4O. The van der Waals surface area contributed by atoms with Crippen LogP contribution in [0.5, 0.6) is 0 Å². The molecule has 0 radical (unpaired) electrons. The van der Waals surface area contributed by atoms with E-state index in [9.17, 15) is 4.79 Å². The van der Waals surface area contributed by atoms with Crippen LogP contribution in [0.4, 0.5) is 0 Å². The Kier molecular flexibility index (Phi) is 9.85. The normalized spacial score (nSPS) is 17.6. The molecule has 140 valence electrons. The van der Waals surface area contributed by atoms with E-state index in [1.807, 2.05) is 30.1 Å². The molecule has 1 atom stereocenters. The summed E-state index contributed by atoms with van der Waals surface area (Å²) in [6.07, 6.45) is 4.01. The standard InChI is InChI=1S/C19H30N4O.HI/c1-16-9-7-8-14-23(16)18(24)12-13-21-19(20-2)22(3)15-17-10-5-4-6-11-17;/h4-6,10-11,16H,7-9,12-15H2,1-3H3,(H,20,21);1H. The molecule has 1 N–H and O–H groups in total. The van der Waals surface area contributed by atoms with Crippen LogP contribution in [0, 0.1) is 0 Å². The van der Waals surface area contributed by atoms with E-state index in [1.54, 1.807) is 7.05 Å². The Labute approximate surface area is 168 Å². The predicted octanol–water partition coefficient (Wildman–Crippen LogP) is 3.10. The third-order valence-corrected chi connectivity index (χ3v) is 4.58. The van der Waals surface area contributed by atoms with Gasteiger partial charge in [-0.05, 0) is 31.7 Å². The number of nitrogens with zero attached hydrogens (tertiary/aromatic N) is 3. The zero-order valence-electron chi connectivity index (χ0n) is 15.6. The van der Waals surface area contributed by atoms with Gasteiger partial charge in [0.25, 0.3) is 0 Å². The molecule has 0 saturated carbocycles. The van der Waals surface area contributed by atoms with E-state index in [-0.39, 0.29) is 29.9 Å². The summed E-state index contributed by atoms with van der Waals surface area (Å²) in [5.74, 6) is 1.06. The molecule has 0 bridgehead atoms. The van der Waals surface area contributed by atoms with Crippen molar-refractivity contribution < 1.29 is 4.79 Å². The van der Waals surface area contributed by atoms with Gasteiger partial charge in [0.1, 0.15) is 0 Å². The maximum Gasteiger partial charge on any atom is 0.224 e. The molecule has 25 heavy (non-hydrogen) atoms. The second kappa shape index (κ2) is 11.3. The number of guanidine groups is 1. The van der Waals surface area contributed by atoms with Crippen LogP contribution in [0.3, 0.4) is 0 Å². The zero-order chi connectivity index (χ0) is 17.4. The summed E-state index contributed by atoms with van der Waals surface area (Å²) in [4.78, 5) is 20.8. The third-order valence-electron chi connectivity index (χ3n) is 4.58. The number of likely N-dealkylation sites (tertiary alicyclic amines) is 1. The minimum atomic E-state index is 0. The van der Waals surface area contributed by atoms with Gasteiger partial charge >= 0.3 is 0 Å². The molecule has 1 aromatic rings. The van der Waals surface area contributed by atoms with Crippen LogP contribution in [-0.4, -0.2) is 54.9 Å². The van der Waals surface area contributed by atoms with Crippen LogP contribution in [0.25, 0.3) is 0 Å². The first-order valence-electron chi connectivity index (χ1n) is 8.87. The molecule has 0 aliphatic carbocycles.